The Morgan fingerprint density at radius 2 is 2.00 bits per heavy atom. The Kier molecular flexibility index (Phi) is 5.47. The molecule has 22 heavy (non-hydrogen) atoms. The lowest BCUT2D eigenvalue weighted by Crippen LogP contribution is -2.28. The minimum atomic E-state index is -0.240. The standard InChI is InChI=1S/C17H21N3O2/c1-3-4-5-14-6-8-15(9-7-14)19-16(21)11-20-12-18-10-13(2)17(20)22/h6-10,12H,3-5,11H2,1-2H3,(H,19,21). The van der Waals surface area contributed by atoms with Crippen LogP contribution in [0.15, 0.2) is 41.6 Å². The molecule has 0 bridgehead atoms. The predicted octanol–water partition coefficient (Wildman–Crippen LogP) is 2.53. The Hall–Kier alpha value is -2.43. The lowest BCUT2D eigenvalue weighted by atomic mass is 10.1. The first kappa shape index (κ1) is 15.9. The minimum Gasteiger partial charge on any atom is -0.325 e. The van der Waals surface area contributed by atoms with Crippen molar-refractivity contribution in [3.8, 4) is 0 Å². The molecular weight excluding hydrogens is 278 g/mol. The number of benzene rings is 1. The first-order valence-electron chi connectivity index (χ1n) is 7.50. The maximum Gasteiger partial charge on any atom is 0.256 e. The number of nitrogens with one attached hydrogen (secondary N) is 1. The number of nitrogens with zero attached hydrogens (tertiary/aromatic N) is 2. The molecule has 5 nitrogen and oxygen atoms in total. The van der Waals surface area contributed by atoms with Gasteiger partial charge in [-0.1, -0.05) is 25.5 Å². The van der Waals surface area contributed by atoms with E-state index >= 15 is 0 Å². The second-order valence-corrected chi connectivity index (χ2v) is 5.36. The third-order valence-electron chi connectivity index (χ3n) is 3.44. The molecule has 1 heterocycles. The number of anilines is 1. The van der Waals surface area contributed by atoms with Crippen LogP contribution in [0.1, 0.15) is 30.9 Å². The van der Waals surface area contributed by atoms with Crippen LogP contribution in [0, 0.1) is 6.92 Å². The highest BCUT2D eigenvalue weighted by Gasteiger charge is 2.06. The van der Waals surface area contributed by atoms with Crippen molar-refractivity contribution < 1.29 is 4.79 Å². The number of rotatable bonds is 6. The molecule has 5 heteroatoms. The number of unbranched alkanes of at least 4 members (excludes halogenated alkanes) is 1. The summed E-state index contributed by atoms with van der Waals surface area (Å²) in [7, 11) is 0. The molecule has 0 aliphatic heterocycles. The summed E-state index contributed by atoms with van der Waals surface area (Å²) in [5.41, 5.74) is 2.33. The van der Waals surface area contributed by atoms with Crippen molar-refractivity contribution in [2.75, 3.05) is 5.32 Å². The molecule has 2 aromatic rings. The van der Waals surface area contributed by atoms with Gasteiger partial charge in [-0.2, -0.15) is 0 Å². The van der Waals surface area contributed by atoms with Crippen molar-refractivity contribution in [3.63, 3.8) is 0 Å². The summed E-state index contributed by atoms with van der Waals surface area (Å²) in [6.07, 6.45) is 6.25. The van der Waals surface area contributed by atoms with Crippen molar-refractivity contribution in [2.45, 2.75) is 39.7 Å². The van der Waals surface area contributed by atoms with Gasteiger partial charge in [0, 0.05) is 17.4 Å². The summed E-state index contributed by atoms with van der Waals surface area (Å²) in [5.74, 6) is -0.240. The number of carbonyl (C=O) groups excluding carboxylic acids is 1. The minimum absolute atomic E-state index is 0.0366. The van der Waals surface area contributed by atoms with E-state index in [1.165, 1.54) is 22.7 Å². The zero-order valence-corrected chi connectivity index (χ0v) is 13.0. The smallest absolute Gasteiger partial charge is 0.256 e. The number of aromatic nitrogens is 2. The van der Waals surface area contributed by atoms with E-state index in [2.05, 4.69) is 17.2 Å². The molecule has 1 aromatic carbocycles. The largest absolute Gasteiger partial charge is 0.325 e. The van der Waals surface area contributed by atoms with E-state index in [1.54, 1.807) is 6.92 Å². The molecule has 0 unspecified atom stereocenters. The van der Waals surface area contributed by atoms with E-state index < -0.39 is 0 Å². The van der Waals surface area contributed by atoms with Crippen LogP contribution in [-0.4, -0.2) is 15.5 Å². The first-order chi connectivity index (χ1) is 10.6. The summed E-state index contributed by atoms with van der Waals surface area (Å²) in [6.45, 7) is 3.81. The molecule has 0 aliphatic carbocycles. The van der Waals surface area contributed by atoms with Crippen molar-refractivity contribution >= 4 is 11.6 Å². The van der Waals surface area contributed by atoms with Crippen LogP contribution in [0.5, 0.6) is 0 Å². The molecule has 2 rings (SSSR count). The van der Waals surface area contributed by atoms with Gasteiger partial charge in [0.1, 0.15) is 6.54 Å². The lowest BCUT2D eigenvalue weighted by molar-refractivity contribution is -0.116. The predicted molar refractivity (Wildman–Crippen MR) is 86.9 cm³/mol. The molecule has 0 aliphatic rings. The maximum absolute atomic E-state index is 12.0. The Morgan fingerprint density at radius 1 is 1.27 bits per heavy atom. The number of amides is 1. The fourth-order valence-electron chi connectivity index (χ4n) is 2.16. The normalized spacial score (nSPS) is 10.5. The van der Waals surface area contributed by atoms with Crippen molar-refractivity contribution in [1.29, 1.82) is 0 Å². The van der Waals surface area contributed by atoms with Crippen molar-refractivity contribution in [3.05, 3.63) is 58.3 Å². The van der Waals surface area contributed by atoms with Crippen LogP contribution in [0.4, 0.5) is 5.69 Å². The fourth-order valence-corrected chi connectivity index (χ4v) is 2.16. The molecule has 0 saturated heterocycles. The third-order valence-corrected chi connectivity index (χ3v) is 3.44. The summed E-state index contributed by atoms with van der Waals surface area (Å²) >= 11 is 0. The summed E-state index contributed by atoms with van der Waals surface area (Å²) in [4.78, 5) is 27.8. The van der Waals surface area contributed by atoms with Crippen molar-refractivity contribution in [2.24, 2.45) is 0 Å². The molecule has 0 saturated carbocycles. The molecule has 1 amide bonds. The Labute approximate surface area is 130 Å². The highest BCUT2D eigenvalue weighted by atomic mass is 16.2. The first-order valence-corrected chi connectivity index (χ1v) is 7.50. The van der Waals surface area contributed by atoms with Gasteiger partial charge in [0.15, 0.2) is 0 Å². The number of hydrogen-bond donors (Lipinski definition) is 1. The van der Waals surface area contributed by atoms with Gasteiger partial charge in [-0.05, 0) is 37.5 Å². The highest BCUT2D eigenvalue weighted by molar-refractivity contribution is 5.90. The number of hydrogen-bond acceptors (Lipinski definition) is 3. The zero-order valence-electron chi connectivity index (χ0n) is 13.0. The average Bonchev–Trinajstić information content (AvgIpc) is 2.51. The van der Waals surface area contributed by atoms with E-state index in [4.69, 9.17) is 0 Å². The van der Waals surface area contributed by atoms with Crippen LogP contribution >= 0.6 is 0 Å². The number of carbonyl (C=O) groups is 1. The van der Waals surface area contributed by atoms with Gasteiger partial charge >= 0.3 is 0 Å². The second-order valence-electron chi connectivity index (χ2n) is 5.36. The van der Waals surface area contributed by atoms with E-state index in [-0.39, 0.29) is 18.0 Å². The van der Waals surface area contributed by atoms with E-state index in [1.807, 2.05) is 24.3 Å². The molecule has 0 radical (unpaired) electrons. The third kappa shape index (κ3) is 4.28. The average molecular weight is 299 g/mol. The Morgan fingerprint density at radius 3 is 2.68 bits per heavy atom. The van der Waals surface area contributed by atoms with E-state index in [9.17, 15) is 9.59 Å². The quantitative estimate of drug-likeness (QED) is 0.891. The van der Waals surface area contributed by atoms with Crippen LogP contribution in [0.25, 0.3) is 0 Å². The van der Waals surface area contributed by atoms with Gasteiger partial charge in [-0.3, -0.25) is 14.2 Å². The summed E-state index contributed by atoms with van der Waals surface area (Å²) < 4.78 is 1.31. The zero-order chi connectivity index (χ0) is 15.9. The topological polar surface area (TPSA) is 64.0 Å². The lowest BCUT2D eigenvalue weighted by Gasteiger charge is -2.08. The van der Waals surface area contributed by atoms with Crippen LogP contribution in [0.3, 0.4) is 0 Å². The Balaban J connectivity index is 1.97. The molecule has 1 aromatic heterocycles. The van der Waals surface area contributed by atoms with Gasteiger partial charge in [0.05, 0.1) is 6.33 Å². The SMILES string of the molecule is CCCCc1ccc(NC(=O)Cn2cncc(C)c2=O)cc1. The monoisotopic (exact) mass is 299 g/mol. The molecule has 0 spiro atoms. The van der Waals surface area contributed by atoms with Gasteiger partial charge in [0.25, 0.3) is 5.56 Å². The number of aryl methyl sites for hydroxylation is 2. The van der Waals surface area contributed by atoms with Crippen LogP contribution in [-0.2, 0) is 17.8 Å². The maximum atomic E-state index is 12.0. The summed E-state index contributed by atoms with van der Waals surface area (Å²) in [6, 6.07) is 7.82. The van der Waals surface area contributed by atoms with Gasteiger partial charge < -0.3 is 5.32 Å². The van der Waals surface area contributed by atoms with Gasteiger partial charge in [0.2, 0.25) is 5.91 Å². The van der Waals surface area contributed by atoms with Crippen LogP contribution in [0.2, 0.25) is 0 Å². The van der Waals surface area contributed by atoms with Gasteiger partial charge in [-0.15, -0.1) is 0 Å². The Bertz CT molecular complexity index is 690. The fraction of sp³-hybridized carbons (Fsp3) is 0.353. The second kappa shape index (κ2) is 7.54. The van der Waals surface area contributed by atoms with E-state index in [0.717, 1.165) is 24.9 Å². The summed E-state index contributed by atoms with van der Waals surface area (Å²) in [5, 5.41) is 2.79. The molecule has 0 atom stereocenters. The molecule has 0 fully saturated rings. The van der Waals surface area contributed by atoms with Crippen molar-refractivity contribution in [1.82, 2.24) is 9.55 Å². The van der Waals surface area contributed by atoms with Crippen LogP contribution < -0.4 is 10.9 Å². The highest BCUT2D eigenvalue weighted by Crippen LogP contribution is 2.11. The molecular formula is C17H21N3O2. The van der Waals surface area contributed by atoms with Gasteiger partial charge in [-0.25, -0.2) is 4.98 Å². The van der Waals surface area contributed by atoms with E-state index in [0.29, 0.717) is 5.56 Å². The molecule has 1 N–H and O–H groups in total. The molecule has 116 valence electrons.